The van der Waals surface area contributed by atoms with Crippen molar-refractivity contribution in [1.29, 1.82) is 0 Å². The molecule has 25 heavy (non-hydrogen) atoms. The number of nitrogens with zero attached hydrogens (tertiary/aromatic N) is 3. The van der Waals surface area contributed by atoms with Gasteiger partial charge in [-0.25, -0.2) is 14.8 Å². The summed E-state index contributed by atoms with van der Waals surface area (Å²) in [5, 5.41) is 9.19. The van der Waals surface area contributed by atoms with Crippen LogP contribution in [-0.2, 0) is 0 Å². The van der Waals surface area contributed by atoms with Crippen LogP contribution in [0.5, 0.6) is 0 Å². The van der Waals surface area contributed by atoms with Gasteiger partial charge in [0.1, 0.15) is 18.0 Å². The maximum absolute atomic E-state index is 11.8. The molecule has 3 rings (SSSR count). The molecule has 2 heterocycles. The molecule has 0 saturated heterocycles. The van der Waals surface area contributed by atoms with Crippen LogP contribution in [0.25, 0.3) is 5.82 Å². The van der Waals surface area contributed by atoms with Gasteiger partial charge in [-0.05, 0) is 30.3 Å². The summed E-state index contributed by atoms with van der Waals surface area (Å²) in [4.78, 5) is 20.2. The van der Waals surface area contributed by atoms with Crippen LogP contribution in [0.3, 0.4) is 0 Å². The molecule has 0 atom stereocenters. The lowest BCUT2D eigenvalue weighted by Gasteiger charge is -2.10. The molecule has 0 spiro atoms. The first kappa shape index (κ1) is 16.8. The Kier molecular flexibility index (Phi) is 5.48. The summed E-state index contributed by atoms with van der Waals surface area (Å²) in [6, 6.07) is 12.4. The van der Waals surface area contributed by atoms with Crippen LogP contribution >= 0.6 is 11.6 Å². The molecule has 3 N–H and O–H groups in total. The normalized spacial score (nSPS) is 10.3. The maximum Gasteiger partial charge on any atom is 0.319 e. The van der Waals surface area contributed by atoms with E-state index in [9.17, 15) is 4.79 Å². The number of benzene rings is 1. The Hall–Kier alpha value is -3.06. The smallest absolute Gasteiger partial charge is 0.319 e. The van der Waals surface area contributed by atoms with E-state index >= 15 is 0 Å². The Morgan fingerprint density at radius 2 is 1.92 bits per heavy atom. The number of halogens is 1. The van der Waals surface area contributed by atoms with Crippen molar-refractivity contribution < 1.29 is 4.79 Å². The third-order valence-corrected chi connectivity index (χ3v) is 3.56. The largest absolute Gasteiger partial charge is 0.368 e. The van der Waals surface area contributed by atoms with Crippen molar-refractivity contribution in [3.63, 3.8) is 0 Å². The fraction of sp³-hybridized carbons (Fsp3) is 0.118. The highest BCUT2D eigenvalue weighted by molar-refractivity contribution is 6.30. The van der Waals surface area contributed by atoms with Crippen LogP contribution < -0.4 is 16.0 Å². The van der Waals surface area contributed by atoms with Gasteiger partial charge in [-0.15, -0.1) is 0 Å². The molecule has 0 saturated carbocycles. The number of rotatable bonds is 6. The first-order valence-electron chi connectivity index (χ1n) is 7.70. The van der Waals surface area contributed by atoms with E-state index in [1.54, 1.807) is 24.3 Å². The quantitative estimate of drug-likeness (QED) is 0.592. The summed E-state index contributed by atoms with van der Waals surface area (Å²) in [6.07, 6.45) is 5.32. The molecule has 0 aliphatic heterocycles. The van der Waals surface area contributed by atoms with E-state index in [1.807, 2.05) is 35.2 Å². The van der Waals surface area contributed by atoms with Crippen molar-refractivity contribution in [3.05, 3.63) is 66.2 Å². The van der Waals surface area contributed by atoms with E-state index in [4.69, 9.17) is 11.6 Å². The lowest BCUT2D eigenvalue weighted by molar-refractivity contribution is 0.252. The molecule has 3 aromatic rings. The second kappa shape index (κ2) is 8.16. The van der Waals surface area contributed by atoms with E-state index in [1.165, 1.54) is 6.33 Å². The van der Waals surface area contributed by atoms with Crippen molar-refractivity contribution in [2.75, 3.05) is 23.7 Å². The second-order valence-corrected chi connectivity index (χ2v) is 5.61. The third-order valence-electron chi connectivity index (χ3n) is 3.32. The molecule has 0 radical (unpaired) electrons. The number of hydrogen-bond donors (Lipinski definition) is 3. The van der Waals surface area contributed by atoms with Crippen LogP contribution in [0.4, 0.5) is 16.3 Å². The standard InChI is InChI=1S/C17H17ClN6O/c18-13-4-3-5-14(10-13)23-17(25)20-7-6-19-15-11-16(22-12-21-15)24-8-1-2-9-24/h1-5,8-12H,6-7H2,(H,19,21,22)(H2,20,23,25). The van der Waals surface area contributed by atoms with Gasteiger partial charge in [0, 0.05) is 42.3 Å². The molecule has 0 unspecified atom stereocenters. The number of anilines is 2. The summed E-state index contributed by atoms with van der Waals surface area (Å²) >= 11 is 5.88. The molecule has 0 fully saturated rings. The van der Waals surface area contributed by atoms with Crippen LogP contribution in [0.2, 0.25) is 5.02 Å². The van der Waals surface area contributed by atoms with E-state index in [-0.39, 0.29) is 6.03 Å². The number of hydrogen-bond acceptors (Lipinski definition) is 4. The minimum atomic E-state index is -0.292. The molecule has 2 amide bonds. The molecule has 0 aliphatic carbocycles. The van der Waals surface area contributed by atoms with Gasteiger partial charge in [0.15, 0.2) is 0 Å². The monoisotopic (exact) mass is 356 g/mol. The van der Waals surface area contributed by atoms with E-state index in [0.29, 0.717) is 29.6 Å². The van der Waals surface area contributed by atoms with Crippen molar-refractivity contribution in [2.24, 2.45) is 0 Å². The number of nitrogens with one attached hydrogen (secondary N) is 3. The first-order valence-corrected chi connectivity index (χ1v) is 8.08. The molecule has 1 aromatic carbocycles. The number of amides is 2. The lowest BCUT2D eigenvalue weighted by atomic mass is 10.3. The fourth-order valence-corrected chi connectivity index (χ4v) is 2.37. The zero-order chi connectivity index (χ0) is 17.5. The number of aromatic nitrogens is 3. The Morgan fingerprint density at radius 1 is 1.08 bits per heavy atom. The summed E-state index contributed by atoms with van der Waals surface area (Å²) < 4.78 is 1.89. The average Bonchev–Trinajstić information content (AvgIpc) is 3.14. The van der Waals surface area contributed by atoms with Crippen molar-refractivity contribution >= 4 is 29.1 Å². The van der Waals surface area contributed by atoms with Gasteiger partial charge >= 0.3 is 6.03 Å². The maximum atomic E-state index is 11.8. The van der Waals surface area contributed by atoms with Gasteiger partial charge in [-0.3, -0.25) is 0 Å². The van der Waals surface area contributed by atoms with Gasteiger partial charge in [0.25, 0.3) is 0 Å². The molecular weight excluding hydrogens is 340 g/mol. The predicted octanol–water partition coefficient (Wildman–Crippen LogP) is 3.15. The van der Waals surface area contributed by atoms with Crippen molar-refractivity contribution in [2.45, 2.75) is 0 Å². The number of carbonyl (C=O) groups is 1. The number of urea groups is 1. The zero-order valence-corrected chi connectivity index (χ0v) is 14.1. The highest BCUT2D eigenvalue weighted by atomic mass is 35.5. The Balaban J connectivity index is 1.44. The van der Waals surface area contributed by atoms with Gasteiger partial charge in [0.05, 0.1) is 0 Å². The fourth-order valence-electron chi connectivity index (χ4n) is 2.18. The van der Waals surface area contributed by atoms with E-state index in [2.05, 4.69) is 25.9 Å². The minimum absolute atomic E-state index is 0.292. The Morgan fingerprint density at radius 3 is 2.72 bits per heavy atom. The van der Waals surface area contributed by atoms with Gasteiger partial charge in [0.2, 0.25) is 0 Å². The van der Waals surface area contributed by atoms with Crippen molar-refractivity contribution in [3.8, 4) is 5.82 Å². The minimum Gasteiger partial charge on any atom is -0.368 e. The molecule has 2 aromatic heterocycles. The van der Waals surface area contributed by atoms with E-state index in [0.717, 1.165) is 5.82 Å². The van der Waals surface area contributed by atoms with E-state index < -0.39 is 0 Å². The average molecular weight is 357 g/mol. The topological polar surface area (TPSA) is 83.9 Å². The summed E-state index contributed by atoms with van der Waals surface area (Å²) in [6.45, 7) is 0.973. The van der Waals surface area contributed by atoms with Crippen LogP contribution in [-0.4, -0.2) is 33.7 Å². The summed E-state index contributed by atoms with van der Waals surface area (Å²) in [7, 11) is 0. The first-order chi connectivity index (χ1) is 12.2. The molecule has 128 valence electrons. The third kappa shape index (κ3) is 4.95. The predicted molar refractivity (Wildman–Crippen MR) is 98.3 cm³/mol. The van der Waals surface area contributed by atoms with Crippen LogP contribution in [0, 0.1) is 0 Å². The second-order valence-electron chi connectivity index (χ2n) is 5.17. The van der Waals surface area contributed by atoms with Crippen LogP contribution in [0.1, 0.15) is 0 Å². The van der Waals surface area contributed by atoms with Crippen molar-refractivity contribution in [1.82, 2.24) is 19.9 Å². The molecular formula is C17H17ClN6O. The number of carbonyl (C=O) groups excluding carboxylic acids is 1. The zero-order valence-electron chi connectivity index (χ0n) is 13.3. The van der Waals surface area contributed by atoms with Crippen LogP contribution in [0.15, 0.2) is 61.2 Å². The summed E-state index contributed by atoms with van der Waals surface area (Å²) in [5.74, 6) is 1.46. The lowest BCUT2D eigenvalue weighted by Crippen LogP contribution is -2.32. The highest BCUT2D eigenvalue weighted by Crippen LogP contribution is 2.14. The van der Waals surface area contributed by atoms with Gasteiger partial charge in [-0.2, -0.15) is 0 Å². The van der Waals surface area contributed by atoms with Gasteiger partial charge < -0.3 is 20.5 Å². The SMILES string of the molecule is O=C(NCCNc1cc(-n2cccc2)ncn1)Nc1cccc(Cl)c1. The Labute approximate surface area is 150 Å². The molecule has 7 nitrogen and oxygen atoms in total. The highest BCUT2D eigenvalue weighted by Gasteiger charge is 2.02. The molecule has 8 heteroatoms. The summed E-state index contributed by atoms with van der Waals surface area (Å²) in [5.41, 5.74) is 0.644. The molecule has 0 bridgehead atoms. The Bertz CT molecular complexity index is 837. The van der Waals surface area contributed by atoms with Gasteiger partial charge in [-0.1, -0.05) is 17.7 Å². The molecule has 0 aliphatic rings.